The van der Waals surface area contributed by atoms with Crippen LogP contribution in [0.3, 0.4) is 0 Å². The van der Waals surface area contributed by atoms with Crippen LogP contribution in [0.15, 0.2) is 56.4 Å². The van der Waals surface area contributed by atoms with Crippen molar-refractivity contribution >= 4 is 47.7 Å². The van der Waals surface area contributed by atoms with Gasteiger partial charge in [-0.3, -0.25) is 4.72 Å². The van der Waals surface area contributed by atoms with E-state index in [2.05, 4.69) is 41.6 Å². The van der Waals surface area contributed by atoms with Crippen LogP contribution in [-0.2, 0) is 10.0 Å². The number of nitrogens with zero attached hydrogens (tertiary/aromatic N) is 1. The SMILES string of the molecule is O=S(=O)(Nc1ncccc1Br)c1ccc(Br)cc1. The lowest BCUT2D eigenvalue weighted by Crippen LogP contribution is -2.14. The van der Waals surface area contributed by atoms with Gasteiger partial charge in [-0.2, -0.15) is 0 Å². The van der Waals surface area contributed by atoms with Crippen LogP contribution in [0.25, 0.3) is 0 Å². The third-order valence-corrected chi connectivity index (χ3v) is 4.64. The average molecular weight is 392 g/mol. The fourth-order valence-corrected chi connectivity index (χ4v) is 3.04. The van der Waals surface area contributed by atoms with Gasteiger partial charge in [0, 0.05) is 10.7 Å². The molecule has 0 bridgehead atoms. The first-order chi connectivity index (χ1) is 8.49. The monoisotopic (exact) mass is 390 g/mol. The van der Waals surface area contributed by atoms with Gasteiger partial charge in [0.15, 0.2) is 5.82 Å². The minimum Gasteiger partial charge on any atom is -0.262 e. The van der Waals surface area contributed by atoms with E-state index in [-0.39, 0.29) is 10.7 Å². The highest BCUT2D eigenvalue weighted by Crippen LogP contribution is 2.22. The van der Waals surface area contributed by atoms with Crippen LogP contribution in [0.2, 0.25) is 0 Å². The van der Waals surface area contributed by atoms with Crippen molar-refractivity contribution in [2.45, 2.75) is 4.90 Å². The van der Waals surface area contributed by atoms with Crippen molar-refractivity contribution in [2.24, 2.45) is 0 Å². The van der Waals surface area contributed by atoms with Crippen LogP contribution < -0.4 is 4.72 Å². The Bertz CT molecular complexity index is 657. The van der Waals surface area contributed by atoms with Gasteiger partial charge in [0.2, 0.25) is 0 Å². The first-order valence-electron chi connectivity index (χ1n) is 4.88. The minimum absolute atomic E-state index is 0.184. The lowest BCUT2D eigenvalue weighted by molar-refractivity contribution is 0.601. The Hall–Kier alpha value is -0.920. The number of rotatable bonds is 3. The fraction of sp³-hybridized carbons (Fsp3) is 0. The van der Waals surface area contributed by atoms with Gasteiger partial charge >= 0.3 is 0 Å². The minimum atomic E-state index is -3.62. The smallest absolute Gasteiger partial charge is 0.262 e. The van der Waals surface area contributed by atoms with E-state index < -0.39 is 10.0 Å². The van der Waals surface area contributed by atoms with Gasteiger partial charge in [0.05, 0.1) is 9.37 Å². The Balaban J connectivity index is 2.33. The zero-order valence-electron chi connectivity index (χ0n) is 8.97. The summed E-state index contributed by atoms with van der Waals surface area (Å²) in [5, 5.41) is 0. The molecule has 2 aromatic rings. The maximum Gasteiger partial charge on any atom is 0.263 e. The molecular formula is C11H8Br2N2O2S. The molecule has 0 radical (unpaired) electrons. The molecule has 0 aliphatic heterocycles. The van der Waals surface area contributed by atoms with Crippen molar-refractivity contribution in [3.05, 3.63) is 51.5 Å². The summed E-state index contributed by atoms with van der Waals surface area (Å²) in [6, 6.07) is 9.80. The van der Waals surface area contributed by atoms with Crippen LogP contribution in [0, 0.1) is 0 Å². The van der Waals surface area contributed by atoms with Gasteiger partial charge in [-0.15, -0.1) is 0 Å². The second kappa shape index (κ2) is 5.38. The largest absolute Gasteiger partial charge is 0.263 e. The van der Waals surface area contributed by atoms with E-state index in [0.29, 0.717) is 4.47 Å². The van der Waals surface area contributed by atoms with E-state index in [4.69, 9.17) is 0 Å². The molecule has 1 aromatic heterocycles. The van der Waals surface area contributed by atoms with Gasteiger partial charge < -0.3 is 0 Å². The second-order valence-corrected chi connectivity index (χ2v) is 6.85. The summed E-state index contributed by atoms with van der Waals surface area (Å²) in [5.74, 6) is 0.264. The van der Waals surface area contributed by atoms with Gasteiger partial charge in [-0.05, 0) is 52.3 Å². The van der Waals surface area contributed by atoms with E-state index in [1.165, 1.54) is 18.3 Å². The molecule has 0 aliphatic rings. The van der Waals surface area contributed by atoms with Gasteiger partial charge in [-0.1, -0.05) is 15.9 Å². The number of benzene rings is 1. The summed E-state index contributed by atoms with van der Waals surface area (Å²) in [6.07, 6.45) is 1.52. The van der Waals surface area contributed by atoms with Crippen molar-refractivity contribution in [3.8, 4) is 0 Å². The molecule has 1 aromatic carbocycles. The number of hydrogen-bond acceptors (Lipinski definition) is 3. The maximum absolute atomic E-state index is 12.1. The Morgan fingerprint density at radius 3 is 2.33 bits per heavy atom. The van der Waals surface area contributed by atoms with E-state index in [9.17, 15) is 8.42 Å². The number of nitrogens with one attached hydrogen (secondary N) is 1. The summed E-state index contributed by atoms with van der Waals surface area (Å²) >= 11 is 6.49. The molecule has 2 rings (SSSR count). The Morgan fingerprint density at radius 1 is 1.06 bits per heavy atom. The molecule has 0 saturated carbocycles. The number of anilines is 1. The molecule has 94 valence electrons. The topological polar surface area (TPSA) is 59.1 Å². The Morgan fingerprint density at radius 2 is 1.72 bits per heavy atom. The van der Waals surface area contributed by atoms with Crippen molar-refractivity contribution in [3.63, 3.8) is 0 Å². The fourth-order valence-electron chi connectivity index (χ4n) is 1.26. The summed E-state index contributed by atoms with van der Waals surface area (Å²) < 4.78 is 28.0. The number of aromatic nitrogens is 1. The summed E-state index contributed by atoms with van der Waals surface area (Å²) in [5.41, 5.74) is 0. The van der Waals surface area contributed by atoms with Crippen LogP contribution >= 0.6 is 31.9 Å². The average Bonchev–Trinajstić information content (AvgIpc) is 2.32. The third-order valence-electron chi connectivity index (χ3n) is 2.11. The number of halogens is 2. The van der Waals surface area contributed by atoms with Gasteiger partial charge in [-0.25, -0.2) is 13.4 Å². The lowest BCUT2D eigenvalue weighted by Gasteiger charge is -2.08. The molecule has 4 nitrogen and oxygen atoms in total. The molecule has 0 fully saturated rings. The summed E-state index contributed by atoms with van der Waals surface area (Å²) in [7, 11) is -3.62. The molecule has 0 saturated heterocycles. The second-order valence-electron chi connectivity index (χ2n) is 3.39. The van der Waals surface area contributed by atoms with Gasteiger partial charge in [0.1, 0.15) is 0 Å². The molecule has 1 N–H and O–H groups in total. The highest BCUT2D eigenvalue weighted by atomic mass is 79.9. The molecule has 1 heterocycles. The Labute approximate surface area is 122 Å². The Kier molecular flexibility index (Phi) is 4.04. The first kappa shape index (κ1) is 13.5. The van der Waals surface area contributed by atoms with E-state index >= 15 is 0 Å². The highest BCUT2D eigenvalue weighted by Gasteiger charge is 2.15. The predicted octanol–water partition coefficient (Wildman–Crippen LogP) is 3.41. The normalized spacial score (nSPS) is 11.2. The molecule has 7 heteroatoms. The number of hydrogen-bond donors (Lipinski definition) is 1. The van der Waals surface area contributed by atoms with Crippen molar-refractivity contribution in [1.82, 2.24) is 4.98 Å². The zero-order valence-corrected chi connectivity index (χ0v) is 13.0. The summed E-state index contributed by atoms with van der Waals surface area (Å²) in [6.45, 7) is 0. The molecule has 0 spiro atoms. The zero-order chi connectivity index (χ0) is 13.2. The molecule has 0 aliphatic carbocycles. The number of pyridine rings is 1. The molecule has 18 heavy (non-hydrogen) atoms. The molecule has 0 unspecified atom stereocenters. The quantitative estimate of drug-likeness (QED) is 0.872. The van der Waals surface area contributed by atoms with Crippen LogP contribution in [0.5, 0.6) is 0 Å². The van der Waals surface area contributed by atoms with E-state index in [1.807, 2.05) is 0 Å². The van der Waals surface area contributed by atoms with Crippen molar-refractivity contribution in [1.29, 1.82) is 0 Å². The maximum atomic E-state index is 12.1. The van der Waals surface area contributed by atoms with Crippen molar-refractivity contribution in [2.75, 3.05) is 4.72 Å². The standard InChI is InChI=1S/C11H8Br2N2O2S/c12-8-3-5-9(6-4-8)18(16,17)15-11-10(13)2-1-7-14-11/h1-7H,(H,14,15). The third kappa shape index (κ3) is 3.09. The molecule has 0 atom stereocenters. The van der Waals surface area contributed by atoms with E-state index in [0.717, 1.165) is 4.47 Å². The number of sulfonamides is 1. The molecular weight excluding hydrogens is 384 g/mol. The van der Waals surface area contributed by atoms with E-state index in [1.54, 1.807) is 24.3 Å². The van der Waals surface area contributed by atoms with Crippen LogP contribution in [0.1, 0.15) is 0 Å². The van der Waals surface area contributed by atoms with Crippen LogP contribution in [-0.4, -0.2) is 13.4 Å². The lowest BCUT2D eigenvalue weighted by atomic mass is 10.4. The highest BCUT2D eigenvalue weighted by molar-refractivity contribution is 9.10. The summed E-state index contributed by atoms with van der Waals surface area (Å²) in [4.78, 5) is 4.14. The predicted molar refractivity (Wildman–Crippen MR) is 76.9 cm³/mol. The van der Waals surface area contributed by atoms with Crippen LogP contribution in [0.4, 0.5) is 5.82 Å². The first-order valence-corrected chi connectivity index (χ1v) is 7.95. The molecule has 0 amide bonds. The van der Waals surface area contributed by atoms with Gasteiger partial charge in [0.25, 0.3) is 10.0 Å². The van der Waals surface area contributed by atoms with Crippen molar-refractivity contribution < 1.29 is 8.42 Å².